The normalized spacial score (nSPS) is 12.0. The minimum absolute atomic E-state index is 0.0816. The van der Waals surface area contributed by atoms with E-state index >= 15 is 0 Å². The maximum atomic E-state index is 12.8. The van der Waals surface area contributed by atoms with Crippen LogP contribution in [0.4, 0.5) is 5.69 Å². The molecule has 0 aliphatic rings. The molecule has 0 aliphatic heterocycles. The number of thioether (sulfide) groups is 1. The topological polar surface area (TPSA) is 88.9 Å². The molecule has 2 N–H and O–H groups in total. The van der Waals surface area contributed by atoms with Gasteiger partial charge in [-0.15, -0.1) is 10.2 Å². The lowest BCUT2D eigenvalue weighted by Crippen LogP contribution is -2.33. The average Bonchev–Trinajstić information content (AvgIpc) is 3.13. The Morgan fingerprint density at radius 2 is 1.76 bits per heavy atom. The Hall–Kier alpha value is -2.55. The molecule has 3 aromatic rings. The van der Waals surface area contributed by atoms with Gasteiger partial charge in [-0.3, -0.25) is 9.59 Å². The fourth-order valence-electron chi connectivity index (χ4n) is 3.08. The molecule has 2 amide bonds. The van der Waals surface area contributed by atoms with E-state index in [4.69, 9.17) is 23.2 Å². The van der Waals surface area contributed by atoms with Crippen LogP contribution in [0.2, 0.25) is 10.0 Å². The first kappa shape index (κ1) is 25.1. The predicted molar refractivity (Wildman–Crippen MR) is 133 cm³/mol. The Morgan fingerprint density at radius 3 is 2.39 bits per heavy atom. The summed E-state index contributed by atoms with van der Waals surface area (Å²) in [6.45, 7) is 5.99. The number of hydrogen-bond acceptors (Lipinski definition) is 5. The molecule has 0 radical (unpaired) electrons. The van der Waals surface area contributed by atoms with Gasteiger partial charge in [0.2, 0.25) is 5.91 Å². The first-order chi connectivity index (χ1) is 15.7. The molecule has 174 valence electrons. The number of aromatic nitrogens is 3. The van der Waals surface area contributed by atoms with Crippen molar-refractivity contribution in [1.82, 2.24) is 20.1 Å². The van der Waals surface area contributed by atoms with Crippen LogP contribution >= 0.6 is 35.0 Å². The van der Waals surface area contributed by atoms with E-state index in [1.807, 2.05) is 40.0 Å². The number of anilines is 1. The lowest BCUT2D eigenvalue weighted by molar-refractivity contribution is -0.113. The molecule has 2 aromatic carbocycles. The summed E-state index contributed by atoms with van der Waals surface area (Å²) in [5, 5.41) is 15.7. The molecule has 0 aliphatic carbocycles. The summed E-state index contributed by atoms with van der Waals surface area (Å²) in [6, 6.07) is 12.0. The number of benzene rings is 2. The lowest BCUT2D eigenvalue weighted by Gasteiger charge is -2.21. The lowest BCUT2D eigenvalue weighted by atomic mass is 10.0. The van der Waals surface area contributed by atoms with Crippen molar-refractivity contribution in [1.29, 1.82) is 0 Å². The van der Waals surface area contributed by atoms with Crippen LogP contribution in [0.15, 0.2) is 47.6 Å². The van der Waals surface area contributed by atoms with E-state index in [-0.39, 0.29) is 29.5 Å². The number of amides is 2. The second kappa shape index (κ2) is 11.0. The molecule has 0 unspecified atom stereocenters. The van der Waals surface area contributed by atoms with Crippen molar-refractivity contribution in [3.63, 3.8) is 0 Å². The van der Waals surface area contributed by atoms with Crippen LogP contribution in [0.5, 0.6) is 0 Å². The number of halogens is 2. The molecule has 33 heavy (non-hydrogen) atoms. The van der Waals surface area contributed by atoms with E-state index in [1.165, 1.54) is 11.8 Å². The second-order valence-electron chi connectivity index (χ2n) is 7.93. The summed E-state index contributed by atoms with van der Waals surface area (Å²) in [5.41, 5.74) is 2.24. The third-order valence-corrected chi connectivity index (χ3v) is 6.71. The zero-order valence-corrected chi connectivity index (χ0v) is 21.1. The molecule has 10 heteroatoms. The third-order valence-electron chi connectivity index (χ3n) is 4.95. The fraction of sp³-hybridized carbons (Fsp3) is 0.304. The molecule has 3 rings (SSSR count). The Balaban J connectivity index is 1.65. The van der Waals surface area contributed by atoms with Crippen molar-refractivity contribution in [2.45, 2.75) is 32.0 Å². The molecule has 7 nitrogen and oxygen atoms in total. The highest BCUT2D eigenvalue weighted by molar-refractivity contribution is 7.99. The molecule has 1 atom stereocenters. The fourth-order valence-corrected chi connectivity index (χ4v) is 4.10. The van der Waals surface area contributed by atoms with Gasteiger partial charge in [0, 0.05) is 18.3 Å². The van der Waals surface area contributed by atoms with Crippen molar-refractivity contribution < 1.29 is 9.59 Å². The van der Waals surface area contributed by atoms with Crippen molar-refractivity contribution in [2.75, 3.05) is 11.1 Å². The Morgan fingerprint density at radius 1 is 1.06 bits per heavy atom. The predicted octanol–water partition coefficient (Wildman–Crippen LogP) is 5.29. The van der Waals surface area contributed by atoms with E-state index in [0.29, 0.717) is 32.3 Å². The van der Waals surface area contributed by atoms with Crippen LogP contribution in [0.1, 0.15) is 41.6 Å². The van der Waals surface area contributed by atoms with Crippen LogP contribution < -0.4 is 10.6 Å². The molecule has 0 spiro atoms. The maximum Gasteiger partial charge on any atom is 0.251 e. The summed E-state index contributed by atoms with van der Waals surface area (Å²) >= 11 is 13.2. The van der Waals surface area contributed by atoms with Gasteiger partial charge in [0.25, 0.3) is 5.91 Å². The van der Waals surface area contributed by atoms with Gasteiger partial charge in [-0.1, -0.05) is 66.5 Å². The van der Waals surface area contributed by atoms with Crippen LogP contribution in [-0.4, -0.2) is 32.3 Å². The highest BCUT2D eigenvalue weighted by atomic mass is 35.5. The monoisotopic (exact) mass is 505 g/mol. The Labute approximate surface area is 207 Å². The number of nitrogens with one attached hydrogen (secondary N) is 2. The van der Waals surface area contributed by atoms with Crippen LogP contribution in [0.3, 0.4) is 0 Å². The number of carbonyl (C=O) groups is 2. The molecular formula is C23H25Cl2N5O2S. The molecular weight excluding hydrogens is 481 g/mol. The van der Waals surface area contributed by atoms with Gasteiger partial charge in [0.1, 0.15) is 0 Å². The van der Waals surface area contributed by atoms with Gasteiger partial charge >= 0.3 is 0 Å². The third kappa shape index (κ3) is 6.50. The molecule has 0 saturated heterocycles. The van der Waals surface area contributed by atoms with Crippen LogP contribution in [0, 0.1) is 12.8 Å². The summed E-state index contributed by atoms with van der Waals surface area (Å²) < 4.78 is 1.80. The van der Waals surface area contributed by atoms with Gasteiger partial charge in [-0.25, -0.2) is 0 Å². The highest BCUT2D eigenvalue weighted by Crippen LogP contribution is 2.26. The van der Waals surface area contributed by atoms with Gasteiger partial charge in [0.15, 0.2) is 11.0 Å². The van der Waals surface area contributed by atoms with Gasteiger partial charge in [0.05, 0.1) is 21.8 Å². The molecule has 0 fully saturated rings. The first-order valence-electron chi connectivity index (χ1n) is 10.3. The van der Waals surface area contributed by atoms with Crippen molar-refractivity contribution in [2.24, 2.45) is 13.0 Å². The van der Waals surface area contributed by atoms with E-state index < -0.39 is 0 Å². The largest absolute Gasteiger partial charge is 0.342 e. The summed E-state index contributed by atoms with van der Waals surface area (Å²) in [6.07, 6.45) is 0. The highest BCUT2D eigenvalue weighted by Gasteiger charge is 2.25. The van der Waals surface area contributed by atoms with Gasteiger partial charge < -0.3 is 15.2 Å². The number of rotatable bonds is 8. The molecule has 0 bridgehead atoms. The minimum atomic E-state index is -0.337. The van der Waals surface area contributed by atoms with Gasteiger partial charge in [-0.05, 0) is 43.2 Å². The van der Waals surface area contributed by atoms with E-state index in [9.17, 15) is 9.59 Å². The van der Waals surface area contributed by atoms with Crippen LogP contribution in [0.25, 0.3) is 0 Å². The van der Waals surface area contributed by atoms with Crippen molar-refractivity contribution >= 4 is 52.5 Å². The Bertz CT molecular complexity index is 1150. The van der Waals surface area contributed by atoms with Gasteiger partial charge in [-0.2, -0.15) is 0 Å². The standard InChI is InChI=1S/C23H25Cl2N5O2S/c1-13(2)20(27-22(32)15-7-5-14(3)6-8-15)21-28-29-23(30(21)4)33-12-19(31)26-16-9-10-17(24)18(25)11-16/h5-11,13,20H,12H2,1-4H3,(H,26,31)(H,27,32)/t20-/m0/s1. The van der Waals surface area contributed by atoms with E-state index in [1.54, 1.807) is 34.9 Å². The summed E-state index contributed by atoms with van der Waals surface area (Å²) in [7, 11) is 1.82. The second-order valence-corrected chi connectivity index (χ2v) is 9.68. The van der Waals surface area contributed by atoms with E-state index in [2.05, 4.69) is 20.8 Å². The first-order valence-corrected chi connectivity index (χ1v) is 12.0. The maximum absolute atomic E-state index is 12.8. The SMILES string of the molecule is Cc1ccc(C(=O)N[C@H](c2nnc(SCC(=O)Nc3ccc(Cl)c(Cl)c3)n2C)C(C)C)cc1. The van der Waals surface area contributed by atoms with E-state index in [0.717, 1.165) is 5.56 Å². The summed E-state index contributed by atoms with van der Waals surface area (Å²) in [5.74, 6) is 0.452. The zero-order valence-electron chi connectivity index (χ0n) is 18.7. The molecule has 1 aromatic heterocycles. The molecule has 1 heterocycles. The van der Waals surface area contributed by atoms with Crippen molar-refractivity contribution in [3.8, 4) is 0 Å². The smallest absolute Gasteiger partial charge is 0.251 e. The van der Waals surface area contributed by atoms with Crippen LogP contribution in [-0.2, 0) is 11.8 Å². The average molecular weight is 506 g/mol. The summed E-state index contributed by atoms with van der Waals surface area (Å²) in [4.78, 5) is 25.1. The Kier molecular flexibility index (Phi) is 8.40. The quantitative estimate of drug-likeness (QED) is 0.406. The number of nitrogens with zero attached hydrogens (tertiary/aromatic N) is 3. The number of carbonyl (C=O) groups excluding carboxylic acids is 2. The zero-order chi connectivity index (χ0) is 24.1. The number of aryl methyl sites for hydroxylation is 1. The van der Waals surface area contributed by atoms with Crippen molar-refractivity contribution in [3.05, 3.63) is 69.5 Å². The molecule has 0 saturated carbocycles. The minimum Gasteiger partial charge on any atom is -0.342 e. The number of hydrogen-bond donors (Lipinski definition) is 2.